The SMILES string of the molecule is Cc1cc(Nc2ncc(C)c(N3CC(C)(NC(=O)C4CC4(F)F)C3)n2)sn1. The van der Waals surface area contributed by atoms with Crippen LogP contribution < -0.4 is 15.5 Å². The molecule has 27 heavy (non-hydrogen) atoms. The van der Waals surface area contributed by atoms with Gasteiger partial charge in [0.25, 0.3) is 5.92 Å². The van der Waals surface area contributed by atoms with Crippen LogP contribution >= 0.6 is 11.5 Å². The van der Waals surface area contributed by atoms with Gasteiger partial charge >= 0.3 is 0 Å². The third kappa shape index (κ3) is 3.58. The molecule has 0 radical (unpaired) electrons. The Morgan fingerprint density at radius 1 is 1.37 bits per heavy atom. The Morgan fingerprint density at radius 3 is 2.67 bits per heavy atom. The van der Waals surface area contributed by atoms with Crippen LogP contribution in [-0.2, 0) is 4.79 Å². The Labute approximate surface area is 159 Å². The number of hydrogen-bond donors (Lipinski definition) is 2. The molecule has 10 heteroatoms. The van der Waals surface area contributed by atoms with Gasteiger partial charge in [-0.25, -0.2) is 13.8 Å². The Kier molecular flexibility index (Phi) is 4.06. The van der Waals surface area contributed by atoms with E-state index < -0.39 is 23.3 Å². The molecule has 2 aliphatic rings. The average molecular weight is 394 g/mol. The number of carbonyl (C=O) groups is 1. The fraction of sp³-hybridized carbons (Fsp3) is 0.529. The molecule has 7 nitrogen and oxygen atoms in total. The molecule has 2 fully saturated rings. The monoisotopic (exact) mass is 394 g/mol. The van der Waals surface area contributed by atoms with E-state index in [0.717, 1.165) is 22.1 Å². The van der Waals surface area contributed by atoms with Crippen molar-refractivity contribution in [1.29, 1.82) is 0 Å². The Morgan fingerprint density at radius 2 is 2.07 bits per heavy atom. The summed E-state index contributed by atoms with van der Waals surface area (Å²) in [5.41, 5.74) is 1.30. The maximum atomic E-state index is 13.1. The summed E-state index contributed by atoms with van der Waals surface area (Å²) in [5.74, 6) is -3.36. The second-order valence-electron chi connectivity index (χ2n) is 7.58. The zero-order valence-electron chi connectivity index (χ0n) is 15.2. The van der Waals surface area contributed by atoms with Crippen molar-refractivity contribution in [1.82, 2.24) is 19.7 Å². The zero-order valence-corrected chi connectivity index (χ0v) is 16.0. The highest BCUT2D eigenvalue weighted by Gasteiger charge is 2.62. The third-order valence-corrected chi connectivity index (χ3v) is 5.55. The molecule has 0 bridgehead atoms. The normalized spacial score (nSPS) is 22.1. The maximum absolute atomic E-state index is 13.1. The van der Waals surface area contributed by atoms with Crippen LogP contribution in [0.25, 0.3) is 0 Å². The van der Waals surface area contributed by atoms with E-state index in [1.165, 1.54) is 11.5 Å². The first-order chi connectivity index (χ1) is 12.7. The molecule has 1 aliphatic carbocycles. The van der Waals surface area contributed by atoms with Gasteiger partial charge in [0.2, 0.25) is 11.9 Å². The minimum atomic E-state index is -2.84. The van der Waals surface area contributed by atoms with Crippen LogP contribution in [0.4, 0.5) is 25.5 Å². The summed E-state index contributed by atoms with van der Waals surface area (Å²) in [5, 5.41) is 6.75. The molecule has 4 rings (SSSR count). The number of halogens is 2. The van der Waals surface area contributed by atoms with Crippen molar-refractivity contribution in [2.45, 2.75) is 38.7 Å². The van der Waals surface area contributed by atoms with E-state index in [0.29, 0.717) is 19.0 Å². The molecule has 3 heterocycles. The number of amides is 1. The first kappa shape index (κ1) is 18.0. The van der Waals surface area contributed by atoms with E-state index in [9.17, 15) is 13.6 Å². The lowest BCUT2D eigenvalue weighted by Crippen LogP contribution is -2.69. The number of aryl methyl sites for hydroxylation is 2. The average Bonchev–Trinajstić information content (AvgIpc) is 3.01. The van der Waals surface area contributed by atoms with Crippen LogP contribution in [0.5, 0.6) is 0 Å². The number of nitrogens with one attached hydrogen (secondary N) is 2. The fourth-order valence-electron chi connectivity index (χ4n) is 3.25. The lowest BCUT2D eigenvalue weighted by atomic mass is 9.91. The van der Waals surface area contributed by atoms with Crippen LogP contribution in [0.1, 0.15) is 24.6 Å². The molecule has 0 spiro atoms. The highest BCUT2D eigenvalue weighted by molar-refractivity contribution is 7.10. The van der Waals surface area contributed by atoms with Gasteiger partial charge in [-0.2, -0.15) is 9.36 Å². The summed E-state index contributed by atoms with van der Waals surface area (Å²) in [7, 11) is 0. The predicted molar refractivity (Wildman–Crippen MR) is 98.7 cm³/mol. The summed E-state index contributed by atoms with van der Waals surface area (Å²) in [6, 6.07) is 1.91. The minimum Gasteiger partial charge on any atom is -0.351 e. The van der Waals surface area contributed by atoms with Crippen LogP contribution in [0.15, 0.2) is 12.3 Å². The molecule has 1 aliphatic heterocycles. The van der Waals surface area contributed by atoms with E-state index in [4.69, 9.17) is 0 Å². The Bertz CT molecular complexity index is 895. The topological polar surface area (TPSA) is 83.0 Å². The molecule has 1 amide bonds. The number of alkyl halides is 2. The standard InChI is InChI=1S/C17H20F2N6OS/c1-9-6-20-15(21-12-4-10(2)24-27-12)22-13(9)25-7-16(3,8-25)23-14(26)11-5-17(11,18)19/h4,6,11H,5,7-8H2,1-3H3,(H,23,26)(H,20,21,22). The number of hydrogen-bond acceptors (Lipinski definition) is 7. The first-order valence-corrected chi connectivity index (χ1v) is 9.41. The quantitative estimate of drug-likeness (QED) is 0.811. The molecule has 0 aromatic carbocycles. The van der Waals surface area contributed by atoms with Crippen LogP contribution in [-0.4, -0.2) is 44.8 Å². The van der Waals surface area contributed by atoms with Crippen LogP contribution in [0, 0.1) is 19.8 Å². The van der Waals surface area contributed by atoms with Gasteiger partial charge in [-0.05, 0) is 38.4 Å². The highest BCUT2D eigenvalue weighted by Crippen LogP contribution is 2.49. The molecular formula is C17H20F2N6OS. The van der Waals surface area contributed by atoms with Crippen molar-refractivity contribution in [3.63, 3.8) is 0 Å². The predicted octanol–water partition coefficient (Wildman–Crippen LogP) is 2.64. The molecule has 2 aromatic rings. The number of carbonyl (C=O) groups excluding carboxylic acids is 1. The third-order valence-electron chi connectivity index (χ3n) is 4.75. The number of nitrogens with zero attached hydrogens (tertiary/aromatic N) is 4. The summed E-state index contributed by atoms with van der Waals surface area (Å²) >= 11 is 1.33. The Hall–Kier alpha value is -2.36. The summed E-state index contributed by atoms with van der Waals surface area (Å²) < 4.78 is 30.3. The van der Waals surface area contributed by atoms with Crippen molar-refractivity contribution in [2.24, 2.45) is 5.92 Å². The van der Waals surface area contributed by atoms with E-state index in [-0.39, 0.29) is 6.42 Å². The van der Waals surface area contributed by atoms with Crippen LogP contribution in [0.2, 0.25) is 0 Å². The lowest BCUT2D eigenvalue weighted by Gasteiger charge is -2.49. The van der Waals surface area contributed by atoms with Crippen molar-refractivity contribution >= 4 is 34.2 Å². The van der Waals surface area contributed by atoms with Gasteiger partial charge in [0.1, 0.15) is 16.7 Å². The van der Waals surface area contributed by atoms with Crippen molar-refractivity contribution in [3.8, 4) is 0 Å². The van der Waals surface area contributed by atoms with Gasteiger partial charge in [-0.1, -0.05) is 0 Å². The van der Waals surface area contributed by atoms with Crippen molar-refractivity contribution in [3.05, 3.63) is 23.5 Å². The molecule has 1 atom stereocenters. The fourth-order valence-corrected chi connectivity index (χ4v) is 3.91. The molecule has 1 saturated carbocycles. The summed E-state index contributed by atoms with van der Waals surface area (Å²) in [4.78, 5) is 22.8. The van der Waals surface area contributed by atoms with Crippen LogP contribution in [0.3, 0.4) is 0 Å². The van der Waals surface area contributed by atoms with Gasteiger partial charge < -0.3 is 15.5 Å². The van der Waals surface area contributed by atoms with E-state index in [2.05, 4.69) is 25.0 Å². The summed E-state index contributed by atoms with van der Waals surface area (Å²) in [6.07, 6.45) is 1.38. The van der Waals surface area contributed by atoms with E-state index in [1.54, 1.807) is 6.20 Å². The molecular weight excluding hydrogens is 374 g/mol. The largest absolute Gasteiger partial charge is 0.351 e. The van der Waals surface area contributed by atoms with Gasteiger partial charge in [-0.15, -0.1) is 0 Å². The zero-order chi connectivity index (χ0) is 19.4. The van der Waals surface area contributed by atoms with Gasteiger partial charge in [-0.3, -0.25) is 4.79 Å². The molecule has 144 valence electrons. The second-order valence-corrected chi connectivity index (χ2v) is 8.39. The number of rotatable bonds is 5. The molecule has 1 unspecified atom stereocenters. The maximum Gasteiger partial charge on any atom is 0.260 e. The summed E-state index contributed by atoms with van der Waals surface area (Å²) in [6.45, 7) is 6.70. The number of anilines is 3. The lowest BCUT2D eigenvalue weighted by molar-refractivity contribution is -0.126. The first-order valence-electron chi connectivity index (χ1n) is 8.64. The molecule has 1 saturated heterocycles. The van der Waals surface area contributed by atoms with Crippen molar-refractivity contribution in [2.75, 3.05) is 23.3 Å². The smallest absolute Gasteiger partial charge is 0.260 e. The minimum absolute atomic E-state index is 0.351. The molecule has 2 aromatic heterocycles. The van der Waals surface area contributed by atoms with Gasteiger partial charge in [0.15, 0.2) is 0 Å². The van der Waals surface area contributed by atoms with Gasteiger partial charge in [0, 0.05) is 31.3 Å². The highest BCUT2D eigenvalue weighted by atomic mass is 32.1. The number of aromatic nitrogens is 3. The Balaban J connectivity index is 1.41. The van der Waals surface area contributed by atoms with E-state index >= 15 is 0 Å². The van der Waals surface area contributed by atoms with Crippen molar-refractivity contribution < 1.29 is 13.6 Å². The van der Waals surface area contributed by atoms with Gasteiger partial charge in [0.05, 0.1) is 11.2 Å². The molecule has 2 N–H and O–H groups in total. The van der Waals surface area contributed by atoms with E-state index in [1.807, 2.05) is 31.7 Å². The second kappa shape index (κ2) is 6.08.